The van der Waals surface area contributed by atoms with E-state index in [4.69, 9.17) is 5.11 Å². The summed E-state index contributed by atoms with van der Waals surface area (Å²) < 4.78 is 0. The summed E-state index contributed by atoms with van der Waals surface area (Å²) in [5.41, 5.74) is 3.75. The normalized spacial score (nSPS) is 10.7. The number of aryl methyl sites for hydroxylation is 2. The predicted molar refractivity (Wildman–Crippen MR) is 91.6 cm³/mol. The molecule has 0 aliphatic rings. The lowest BCUT2D eigenvalue weighted by Gasteiger charge is -2.06. The molecule has 23 heavy (non-hydrogen) atoms. The molecule has 0 spiro atoms. The van der Waals surface area contributed by atoms with Crippen LogP contribution in [0.15, 0.2) is 48.5 Å². The largest absolute Gasteiger partial charge is 0.478 e. The number of hydrogen-bond donors (Lipinski definition) is 2. The third-order valence-electron chi connectivity index (χ3n) is 3.59. The average Bonchev–Trinajstić information content (AvgIpc) is 2.53. The van der Waals surface area contributed by atoms with Crippen LogP contribution < -0.4 is 5.32 Å². The minimum Gasteiger partial charge on any atom is -0.478 e. The Hall–Kier alpha value is -2.88. The molecule has 0 aliphatic carbocycles. The van der Waals surface area contributed by atoms with Crippen molar-refractivity contribution >= 4 is 23.6 Å². The van der Waals surface area contributed by atoms with Crippen molar-refractivity contribution in [1.29, 1.82) is 0 Å². The standard InChI is InChI=1S/C19H19NO3/c1-3-15-10-8-14(12-13(15)2)9-11-18(21)20-17-7-5-4-6-16(17)19(22)23/h4-12H,3H2,1-2H3,(H,20,21)(H,22,23)/b11-9+. The van der Waals surface area contributed by atoms with E-state index in [-0.39, 0.29) is 17.2 Å². The number of amides is 1. The third-order valence-corrected chi connectivity index (χ3v) is 3.59. The molecule has 0 heterocycles. The van der Waals surface area contributed by atoms with Gasteiger partial charge in [-0.25, -0.2) is 4.79 Å². The van der Waals surface area contributed by atoms with E-state index in [2.05, 4.69) is 12.2 Å². The fourth-order valence-electron chi connectivity index (χ4n) is 2.34. The zero-order valence-corrected chi connectivity index (χ0v) is 13.2. The summed E-state index contributed by atoms with van der Waals surface area (Å²) in [5, 5.41) is 11.7. The third kappa shape index (κ3) is 4.30. The van der Waals surface area contributed by atoms with Crippen molar-refractivity contribution in [3.63, 3.8) is 0 Å². The van der Waals surface area contributed by atoms with E-state index in [1.54, 1.807) is 24.3 Å². The molecule has 0 radical (unpaired) electrons. The summed E-state index contributed by atoms with van der Waals surface area (Å²) in [7, 11) is 0. The Morgan fingerprint density at radius 3 is 2.57 bits per heavy atom. The molecule has 0 aromatic heterocycles. The maximum atomic E-state index is 12.0. The second kappa shape index (κ2) is 7.40. The van der Waals surface area contributed by atoms with Gasteiger partial charge in [-0.05, 0) is 48.2 Å². The molecular weight excluding hydrogens is 290 g/mol. The summed E-state index contributed by atoms with van der Waals surface area (Å²) >= 11 is 0. The van der Waals surface area contributed by atoms with Crippen LogP contribution in [0.2, 0.25) is 0 Å². The van der Waals surface area contributed by atoms with Gasteiger partial charge in [0.15, 0.2) is 0 Å². The molecule has 0 unspecified atom stereocenters. The van der Waals surface area contributed by atoms with Gasteiger partial charge in [0, 0.05) is 6.08 Å². The van der Waals surface area contributed by atoms with Crippen molar-refractivity contribution in [2.24, 2.45) is 0 Å². The molecule has 1 amide bonds. The van der Waals surface area contributed by atoms with E-state index in [1.807, 2.05) is 25.1 Å². The van der Waals surface area contributed by atoms with Crippen LogP contribution in [0.3, 0.4) is 0 Å². The Kier molecular flexibility index (Phi) is 5.31. The molecule has 0 aliphatic heterocycles. The van der Waals surface area contributed by atoms with Gasteiger partial charge < -0.3 is 10.4 Å². The molecule has 2 N–H and O–H groups in total. The zero-order valence-electron chi connectivity index (χ0n) is 13.2. The van der Waals surface area contributed by atoms with Gasteiger partial charge in [-0.1, -0.05) is 37.3 Å². The summed E-state index contributed by atoms with van der Waals surface area (Å²) in [6.07, 6.45) is 4.09. The average molecular weight is 309 g/mol. The molecule has 0 fully saturated rings. The predicted octanol–water partition coefficient (Wildman–Crippen LogP) is 3.91. The Morgan fingerprint density at radius 2 is 1.91 bits per heavy atom. The van der Waals surface area contributed by atoms with E-state index in [1.165, 1.54) is 23.3 Å². The lowest BCUT2D eigenvalue weighted by molar-refractivity contribution is -0.111. The lowest BCUT2D eigenvalue weighted by atomic mass is 10.0. The van der Waals surface area contributed by atoms with E-state index < -0.39 is 5.97 Å². The number of rotatable bonds is 5. The maximum Gasteiger partial charge on any atom is 0.337 e. The monoisotopic (exact) mass is 309 g/mol. The molecule has 0 saturated heterocycles. The molecule has 0 atom stereocenters. The minimum atomic E-state index is -1.07. The van der Waals surface area contributed by atoms with Crippen molar-refractivity contribution in [3.05, 3.63) is 70.8 Å². The van der Waals surface area contributed by atoms with Gasteiger partial charge in [0.05, 0.1) is 11.3 Å². The van der Waals surface area contributed by atoms with Crippen LogP contribution in [-0.4, -0.2) is 17.0 Å². The smallest absolute Gasteiger partial charge is 0.337 e. The van der Waals surface area contributed by atoms with E-state index in [9.17, 15) is 9.59 Å². The van der Waals surface area contributed by atoms with Crippen LogP contribution >= 0.6 is 0 Å². The van der Waals surface area contributed by atoms with Crippen LogP contribution in [0.4, 0.5) is 5.69 Å². The number of para-hydroxylation sites is 1. The number of carbonyl (C=O) groups is 2. The summed E-state index contributed by atoms with van der Waals surface area (Å²) in [5.74, 6) is -1.44. The molecule has 2 aromatic rings. The van der Waals surface area contributed by atoms with Gasteiger partial charge in [-0.3, -0.25) is 4.79 Å². The van der Waals surface area contributed by atoms with Crippen LogP contribution in [0.1, 0.15) is 34.0 Å². The van der Waals surface area contributed by atoms with E-state index >= 15 is 0 Å². The van der Waals surface area contributed by atoms with Gasteiger partial charge in [0.1, 0.15) is 0 Å². The number of benzene rings is 2. The molecular formula is C19H19NO3. The zero-order chi connectivity index (χ0) is 16.8. The van der Waals surface area contributed by atoms with Crippen molar-refractivity contribution in [2.75, 3.05) is 5.32 Å². The summed E-state index contributed by atoms with van der Waals surface area (Å²) in [6.45, 7) is 4.14. The first-order valence-electron chi connectivity index (χ1n) is 7.42. The van der Waals surface area contributed by atoms with Gasteiger partial charge in [0.25, 0.3) is 0 Å². The van der Waals surface area contributed by atoms with Gasteiger partial charge >= 0.3 is 5.97 Å². The highest BCUT2D eigenvalue weighted by molar-refractivity contribution is 6.06. The number of aromatic carboxylic acids is 1. The van der Waals surface area contributed by atoms with E-state index in [0.717, 1.165) is 12.0 Å². The number of anilines is 1. The fraction of sp³-hybridized carbons (Fsp3) is 0.158. The van der Waals surface area contributed by atoms with Crippen LogP contribution in [0, 0.1) is 6.92 Å². The minimum absolute atomic E-state index is 0.0670. The quantitative estimate of drug-likeness (QED) is 0.823. The van der Waals surface area contributed by atoms with Crippen LogP contribution in [0.25, 0.3) is 6.08 Å². The molecule has 2 aromatic carbocycles. The second-order valence-corrected chi connectivity index (χ2v) is 5.21. The highest BCUT2D eigenvalue weighted by atomic mass is 16.4. The first-order chi connectivity index (χ1) is 11.0. The topological polar surface area (TPSA) is 66.4 Å². The summed E-state index contributed by atoms with van der Waals surface area (Å²) in [6, 6.07) is 12.3. The Morgan fingerprint density at radius 1 is 1.17 bits per heavy atom. The van der Waals surface area contributed by atoms with Gasteiger partial charge in [0.2, 0.25) is 5.91 Å². The number of carbonyl (C=O) groups excluding carboxylic acids is 1. The molecule has 0 saturated carbocycles. The van der Waals surface area contributed by atoms with Gasteiger partial charge in [-0.2, -0.15) is 0 Å². The lowest BCUT2D eigenvalue weighted by Crippen LogP contribution is -2.11. The Balaban J connectivity index is 2.11. The molecule has 0 bridgehead atoms. The second-order valence-electron chi connectivity index (χ2n) is 5.21. The number of hydrogen-bond acceptors (Lipinski definition) is 2. The SMILES string of the molecule is CCc1ccc(/C=C/C(=O)Nc2ccccc2C(=O)O)cc1C. The number of carboxylic acid groups (broad SMARTS) is 1. The van der Waals surface area contributed by atoms with E-state index in [0.29, 0.717) is 0 Å². The first kappa shape index (κ1) is 16.5. The highest BCUT2D eigenvalue weighted by Gasteiger charge is 2.10. The molecule has 4 heteroatoms. The maximum absolute atomic E-state index is 12.0. The molecule has 4 nitrogen and oxygen atoms in total. The summed E-state index contributed by atoms with van der Waals surface area (Å²) in [4.78, 5) is 23.1. The van der Waals surface area contributed by atoms with Gasteiger partial charge in [-0.15, -0.1) is 0 Å². The number of carboxylic acids is 1. The molecule has 118 valence electrons. The van der Waals surface area contributed by atoms with Crippen molar-refractivity contribution in [1.82, 2.24) is 0 Å². The highest BCUT2D eigenvalue weighted by Crippen LogP contribution is 2.16. The van der Waals surface area contributed by atoms with Crippen molar-refractivity contribution in [3.8, 4) is 0 Å². The van der Waals surface area contributed by atoms with Crippen molar-refractivity contribution < 1.29 is 14.7 Å². The first-order valence-corrected chi connectivity index (χ1v) is 7.42. The van der Waals surface area contributed by atoms with Crippen LogP contribution in [-0.2, 0) is 11.2 Å². The Labute approximate surface area is 135 Å². The fourth-order valence-corrected chi connectivity index (χ4v) is 2.34. The van der Waals surface area contributed by atoms with Crippen molar-refractivity contribution in [2.45, 2.75) is 20.3 Å². The molecule has 2 rings (SSSR count). The number of nitrogens with one attached hydrogen (secondary N) is 1. The Bertz CT molecular complexity index is 763. The van der Waals surface area contributed by atoms with Crippen LogP contribution in [0.5, 0.6) is 0 Å².